The van der Waals surface area contributed by atoms with E-state index in [2.05, 4.69) is 4.98 Å². The molecule has 3 aromatic rings. The third-order valence-corrected chi connectivity index (χ3v) is 5.49. The molecular weight excluding hydrogens is 386 g/mol. The van der Waals surface area contributed by atoms with E-state index in [9.17, 15) is 14.7 Å². The average Bonchev–Trinajstić information content (AvgIpc) is 2.72. The number of nitrogens with one attached hydrogen (secondary N) is 1. The van der Waals surface area contributed by atoms with Gasteiger partial charge in [0.2, 0.25) is 5.88 Å². The number of hydrogen-bond acceptors (Lipinski definition) is 5. The normalized spacial score (nSPS) is 15.5. The van der Waals surface area contributed by atoms with Crippen molar-refractivity contribution in [2.24, 2.45) is 0 Å². The van der Waals surface area contributed by atoms with Crippen molar-refractivity contribution in [3.05, 3.63) is 79.5 Å². The highest BCUT2D eigenvalue weighted by Gasteiger charge is 2.33. The Kier molecular flexibility index (Phi) is 5.09. The van der Waals surface area contributed by atoms with Gasteiger partial charge in [-0.15, -0.1) is 0 Å². The highest BCUT2D eigenvalue weighted by molar-refractivity contribution is 5.51. The van der Waals surface area contributed by atoms with E-state index in [1.807, 2.05) is 30.4 Å². The first-order chi connectivity index (χ1) is 14.4. The van der Waals surface area contributed by atoms with E-state index in [1.54, 1.807) is 32.4 Å². The molecule has 4 N–H and O–H groups in total. The number of benzene rings is 2. The number of aryl methyl sites for hydroxylation is 1. The van der Waals surface area contributed by atoms with E-state index in [4.69, 9.17) is 9.47 Å². The Morgan fingerprint density at radius 2 is 1.87 bits per heavy atom. The van der Waals surface area contributed by atoms with E-state index in [0.29, 0.717) is 17.2 Å². The summed E-state index contributed by atoms with van der Waals surface area (Å²) in [7, 11) is 3.12. The number of aromatic hydroxyl groups is 1. The van der Waals surface area contributed by atoms with Gasteiger partial charge in [-0.3, -0.25) is 9.78 Å². The number of nitrogens with zero attached hydrogens (tertiary/aromatic N) is 1. The van der Waals surface area contributed by atoms with Crippen LogP contribution in [-0.4, -0.2) is 35.4 Å². The van der Waals surface area contributed by atoms with Crippen LogP contribution < -0.4 is 26.0 Å². The molecule has 0 fully saturated rings. The summed E-state index contributed by atoms with van der Waals surface area (Å²) in [4.78, 5) is 27.7. The van der Waals surface area contributed by atoms with Crippen LogP contribution in [0.2, 0.25) is 0 Å². The van der Waals surface area contributed by atoms with Crippen LogP contribution in [0.4, 0.5) is 0 Å². The molecule has 0 amide bonds. The second-order valence-corrected chi connectivity index (χ2v) is 7.33. The number of nitrogens with two attached hydrogens (primary N) is 1. The highest BCUT2D eigenvalue weighted by Crippen LogP contribution is 2.36. The zero-order valence-corrected chi connectivity index (χ0v) is 17.1. The summed E-state index contributed by atoms with van der Waals surface area (Å²) in [6.07, 6.45) is 0.780. The first-order valence-corrected chi connectivity index (χ1v) is 9.68. The lowest BCUT2D eigenvalue weighted by molar-refractivity contribution is -0.690. The van der Waals surface area contributed by atoms with Gasteiger partial charge in [0, 0.05) is 12.0 Å². The van der Waals surface area contributed by atoms with E-state index >= 15 is 0 Å². The highest BCUT2D eigenvalue weighted by atomic mass is 16.5. The Morgan fingerprint density at radius 1 is 1.13 bits per heavy atom. The molecule has 8 heteroatoms. The van der Waals surface area contributed by atoms with Gasteiger partial charge in [-0.1, -0.05) is 12.1 Å². The topological polar surface area (TPSA) is 110 Å². The zero-order chi connectivity index (χ0) is 21.4. The lowest BCUT2D eigenvalue weighted by atomic mass is 9.90. The Morgan fingerprint density at radius 3 is 2.57 bits per heavy atom. The van der Waals surface area contributed by atoms with Gasteiger partial charge >= 0.3 is 5.69 Å². The van der Waals surface area contributed by atoms with E-state index < -0.39 is 17.3 Å². The van der Waals surface area contributed by atoms with Gasteiger partial charge in [-0.2, -0.15) is 0 Å². The fraction of sp³-hybridized carbons (Fsp3) is 0.273. The molecule has 0 saturated heterocycles. The van der Waals surface area contributed by atoms with Crippen LogP contribution in [0.3, 0.4) is 0 Å². The molecule has 156 valence electrons. The van der Waals surface area contributed by atoms with Crippen molar-refractivity contribution in [3.63, 3.8) is 0 Å². The number of aromatic nitrogens is 2. The van der Waals surface area contributed by atoms with Crippen molar-refractivity contribution in [1.29, 1.82) is 0 Å². The first-order valence-electron chi connectivity index (χ1n) is 9.68. The van der Waals surface area contributed by atoms with Crippen LogP contribution in [0.15, 0.2) is 46.0 Å². The quantitative estimate of drug-likeness (QED) is 0.588. The molecule has 0 radical (unpaired) electrons. The molecule has 1 aliphatic heterocycles. The Balaban J connectivity index is 1.94. The van der Waals surface area contributed by atoms with Gasteiger partial charge < -0.3 is 19.9 Å². The van der Waals surface area contributed by atoms with E-state index in [1.165, 1.54) is 0 Å². The number of methoxy groups -OCH3 is 2. The van der Waals surface area contributed by atoms with Crippen molar-refractivity contribution in [1.82, 2.24) is 9.55 Å². The number of ether oxygens (including phenoxy) is 2. The number of hydrogen-bond donors (Lipinski definition) is 3. The number of aromatic amines is 1. The Bertz CT molecular complexity index is 1230. The van der Waals surface area contributed by atoms with Crippen molar-refractivity contribution in [2.45, 2.75) is 19.4 Å². The molecule has 1 atom stereocenters. The number of fused-ring (bicyclic) bond motifs is 1. The first kappa shape index (κ1) is 19.8. The van der Waals surface area contributed by atoms with Gasteiger partial charge in [0.25, 0.3) is 5.56 Å². The summed E-state index contributed by atoms with van der Waals surface area (Å²) < 4.78 is 12.0. The lowest BCUT2D eigenvalue weighted by Gasteiger charge is -2.26. The minimum atomic E-state index is -0.685. The summed E-state index contributed by atoms with van der Waals surface area (Å²) in [6, 6.07) is 10.4. The predicted molar refractivity (Wildman–Crippen MR) is 111 cm³/mol. The predicted octanol–water partition coefficient (Wildman–Crippen LogP) is 0.766. The largest absolute Gasteiger partial charge is 0.494 e. The monoisotopic (exact) mass is 410 g/mol. The maximum atomic E-state index is 12.8. The zero-order valence-electron chi connectivity index (χ0n) is 17.1. The van der Waals surface area contributed by atoms with E-state index in [-0.39, 0.29) is 11.4 Å². The molecule has 1 aliphatic rings. The maximum absolute atomic E-state index is 12.8. The maximum Gasteiger partial charge on any atom is 0.335 e. The summed E-state index contributed by atoms with van der Waals surface area (Å²) >= 11 is 0. The minimum Gasteiger partial charge on any atom is -0.494 e. The summed E-state index contributed by atoms with van der Waals surface area (Å²) in [5, 5.41) is 13.0. The SMILES string of the molecule is COc1cc2c(cc1OC)[C@@H](c1c(O)n(-c3cccc(C)c3)c(=O)[nH]c1=O)[NH2+]CC2. The second-order valence-electron chi connectivity index (χ2n) is 7.33. The molecule has 0 saturated carbocycles. The molecule has 4 rings (SSSR count). The smallest absolute Gasteiger partial charge is 0.335 e. The van der Waals surface area contributed by atoms with Gasteiger partial charge in [-0.25, -0.2) is 9.36 Å². The fourth-order valence-electron chi connectivity index (χ4n) is 4.07. The summed E-state index contributed by atoms with van der Waals surface area (Å²) in [6.45, 7) is 2.61. The Hall–Kier alpha value is -3.52. The molecule has 8 nitrogen and oxygen atoms in total. The standard InChI is InChI=1S/C22H23N3O5/c1-12-5-4-6-14(9-12)25-21(27)18(20(26)24-22(25)28)19-15-11-17(30-3)16(29-2)10-13(15)7-8-23-19/h4-6,9-11,19,23,27H,7-8H2,1-3H3,(H,24,26,28)/p+1/t19-/m0/s1. The van der Waals surface area contributed by atoms with Crippen LogP contribution in [0.25, 0.3) is 5.69 Å². The summed E-state index contributed by atoms with van der Waals surface area (Å²) in [5.74, 6) is 0.789. The molecule has 0 unspecified atom stereocenters. The van der Waals surface area contributed by atoms with Gasteiger partial charge in [-0.05, 0) is 42.3 Å². The average molecular weight is 410 g/mol. The molecular formula is C22H24N3O5+. The second kappa shape index (κ2) is 7.72. The van der Waals surface area contributed by atoms with Crippen LogP contribution in [-0.2, 0) is 6.42 Å². The van der Waals surface area contributed by atoms with E-state index in [0.717, 1.165) is 34.2 Å². The van der Waals surface area contributed by atoms with Crippen molar-refractivity contribution >= 4 is 0 Å². The number of H-pyrrole nitrogens is 1. The van der Waals surface area contributed by atoms with Crippen LogP contribution >= 0.6 is 0 Å². The van der Waals surface area contributed by atoms with Gasteiger partial charge in [0.15, 0.2) is 11.5 Å². The van der Waals surface area contributed by atoms with Crippen molar-refractivity contribution < 1.29 is 19.9 Å². The summed E-state index contributed by atoms with van der Waals surface area (Å²) in [5.41, 5.74) is 2.10. The molecule has 0 spiro atoms. The molecule has 0 aliphatic carbocycles. The van der Waals surface area contributed by atoms with Gasteiger partial charge in [0.1, 0.15) is 11.6 Å². The minimum absolute atomic E-state index is 0.129. The molecule has 1 aromatic heterocycles. The molecule has 30 heavy (non-hydrogen) atoms. The molecule has 2 aromatic carbocycles. The lowest BCUT2D eigenvalue weighted by Crippen LogP contribution is -2.87. The fourth-order valence-corrected chi connectivity index (χ4v) is 4.07. The third kappa shape index (κ3) is 3.25. The number of quaternary nitrogens is 1. The third-order valence-electron chi connectivity index (χ3n) is 5.49. The van der Waals surface area contributed by atoms with Gasteiger partial charge in [0.05, 0.1) is 26.5 Å². The molecule has 0 bridgehead atoms. The van der Waals surface area contributed by atoms with Crippen molar-refractivity contribution in [3.8, 4) is 23.1 Å². The van der Waals surface area contributed by atoms with Crippen LogP contribution in [0.5, 0.6) is 17.4 Å². The Labute approximate surface area is 172 Å². The van der Waals surface area contributed by atoms with Crippen LogP contribution in [0.1, 0.15) is 28.3 Å². The molecule has 2 heterocycles. The number of rotatable bonds is 4. The van der Waals surface area contributed by atoms with Crippen LogP contribution in [0, 0.1) is 6.92 Å². The van der Waals surface area contributed by atoms with Crippen molar-refractivity contribution in [2.75, 3.05) is 20.8 Å².